The molecule has 0 aliphatic rings. The zero-order chi connectivity index (χ0) is 10.6. The molecule has 0 aromatic carbocycles. The molecule has 2 atom stereocenters. The summed E-state index contributed by atoms with van der Waals surface area (Å²) >= 11 is 7.16. The number of carbonyl (C=O) groups is 1. The Balaban J connectivity index is 2.41. The Morgan fingerprint density at radius 1 is 1.71 bits per heavy atom. The van der Waals surface area contributed by atoms with E-state index < -0.39 is 0 Å². The maximum Gasteiger partial charge on any atom is 0.263 e. The Hall–Kier alpha value is -0.610. The first-order chi connectivity index (χ1) is 6.59. The molecule has 1 heterocycles. The van der Waals surface area contributed by atoms with Crippen LogP contribution in [0.4, 0.5) is 0 Å². The van der Waals surface area contributed by atoms with Crippen LogP contribution in [-0.2, 0) is 0 Å². The third-order valence-electron chi connectivity index (χ3n) is 1.71. The molecule has 14 heavy (non-hydrogen) atoms. The third-order valence-corrected chi connectivity index (χ3v) is 2.66. The van der Waals surface area contributed by atoms with Gasteiger partial charge in [-0.15, -0.1) is 22.9 Å². The highest BCUT2D eigenvalue weighted by molar-refractivity contribution is 7.11. The van der Waals surface area contributed by atoms with Crippen LogP contribution in [0.2, 0.25) is 0 Å². The van der Waals surface area contributed by atoms with E-state index in [0.29, 0.717) is 4.88 Å². The first-order valence-electron chi connectivity index (χ1n) is 4.43. The fourth-order valence-corrected chi connectivity index (χ4v) is 1.96. The molecule has 1 aromatic rings. The van der Waals surface area contributed by atoms with Crippen LogP contribution in [0.15, 0.2) is 11.7 Å². The molecule has 0 fully saturated rings. The molecule has 0 aliphatic carbocycles. The lowest BCUT2D eigenvalue weighted by Gasteiger charge is -2.13. The lowest BCUT2D eigenvalue weighted by molar-refractivity contribution is 0.0942. The van der Waals surface area contributed by atoms with Crippen molar-refractivity contribution in [2.24, 2.45) is 0 Å². The fourth-order valence-electron chi connectivity index (χ4n) is 1.17. The van der Waals surface area contributed by atoms with E-state index in [1.54, 1.807) is 11.7 Å². The number of amides is 1. The highest BCUT2D eigenvalue weighted by Crippen LogP contribution is 2.08. The molecule has 5 heteroatoms. The van der Waals surface area contributed by atoms with E-state index in [1.165, 1.54) is 11.3 Å². The molecule has 1 aromatic heterocycles. The molecular weight excluding hydrogens is 220 g/mol. The summed E-state index contributed by atoms with van der Waals surface area (Å²) in [6, 6.07) is 0.0945. The highest BCUT2D eigenvalue weighted by Gasteiger charge is 2.12. The number of hydrogen-bond acceptors (Lipinski definition) is 3. The molecule has 0 saturated heterocycles. The second-order valence-corrected chi connectivity index (χ2v) is 4.89. The lowest BCUT2D eigenvalue weighted by Crippen LogP contribution is -2.33. The smallest absolute Gasteiger partial charge is 0.263 e. The molecule has 1 N–H and O–H groups in total. The van der Waals surface area contributed by atoms with E-state index in [0.717, 1.165) is 6.42 Å². The summed E-state index contributed by atoms with van der Waals surface area (Å²) in [5.41, 5.74) is 1.64. The molecule has 1 rings (SSSR count). The van der Waals surface area contributed by atoms with Crippen LogP contribution in [0.3, 0.4) is 0 Å². The zero-order valence-electron chi connectivity index (χ0n) is 8.16. The van der Waals surface area contributed by atoms with Gasteiger partial charge in [-0.25, -0.2) is 0 Å². The van der Waals surface area contributed by atoms with Gasteiger partial charge in [-0.05, 0) is 20.3 Å². The summed E-state index contributed by atoms with van der Waals surface area (Å²) in [7, 11) is 0. The van der Waals surface area contributed by atoms with Gasteiger partial charge in [0.05, 0.1) is 11.7 Å². The number of hydrogen-bond donors (Lipinski definition) is 1. The Morgan fingerprint density at radius 2 is 2.43 bits per heavy atom. The predicted molar refractivity (Wildman–Crippen MR) is 59.0 cm³/mol. The van der Waals surface area contributed by atoms with E-state index in [2.05, 4.69) is 10.3 Å². The molecule has 1 amide bonds. The topological polar surface area (TPSA) is 42.0 Å². The summed E-state index contributed by atoms with van der Waals surface area (Å²) < 4.78 is 0. The largest absolute Gasteiger partial charge is 0.349 e. The molecule has 3 nitrogen and oxygen atoms in total. The number of carbonyl (C=O) groups excluding carboxylic acids is 1. The zero-order valence-corrected chi connectivity index (χ0v) is 9.73. The minimum Gasteiger partial charge on any atom is -0.349 e. The lowest BCUT2D eigenvalue weighted by atomic mass is 10.2. The van der Waals surface area contributed by atoms with Crippen molar-refractivity contribution in [1.29, 1.82) is 0 Å². The van der Waals surface area contributed by atoms with E-state index in [4.69, 9.17) is 11.6 Å². The van der Waals surface area contributed by atoms with Gasteiger partial charge in [0.25, 0.3) is 5.91 Å². The first-order valence-corrected chi connectivity index (χ1v) is 5.74. The van der Waals surface area contributed by atoms with Crippen molar-refractivity contribution in [3.63, 3.8) is 0 Å². The van der Waals surface area contributed by atoms with E-state index >= 15 is 0 Å². The van der Waals surface area contributed by atoms with Crippen LogP contribution < -0.4 is 5.32 Å². The maximum absolute atomic E-state index is 11.5. The SMILES string of the molecule is CC(Cl)CC(C)NC(=O)c1cncs1. The second-order valence-electron chi connectivity index (χ2n) is 3.26. The summed E-state index contributed by atoms with van der Waals surface area (Å²) in [6.45, 7) is 3.86. The molecule has 0 spiro atoms. The maximum atomic E-state index is 11.5. The van der Waals surface area contributed by atoms with Crippen LogP contribution >= 0.6 is 22.9 Å². The van der Waals surface area contributed by atoms with Crippen molar-refractivity contribution in [3.05, 3.63) is 16.6 Å². The van der Waals surface area contributed by atoms with Crippen LogP contribution in [-0.4, -0.2) is 22.3 Å². The van der Waals surface area contributed by atoms with Crippen molar-refractivity contribution < 1.29 is 4.79 Å². The Bertz CT molecular complexity index is 287. The molecule has 0 radical (unpaired) electrons. The Kier molecular flexibility index (Phi) is 4.35. The molecule has 0 bridgehead atoms. The predicted octanol–water partition coefficient (Wildman–Crippen LogP) is 2.28. The van der Waals surface area contributed by atoms with Crippen LogP contribution in [0, 0.1) is 0 Å². The molecule has 0 saturated carbocycles. The number of nitrogens with one attached hydrogen (secondary N) is 1. The van der Waals surface area contributed by atoms with Crippen molar-refractivity contribution in [3.8, 4) is 0 Å². The van der Waals surface area contributed by atoms with Crippen LogP contribution in [0.5, 0.6) is 0 Å². The van der Waals surface area contributed by atoms with Gasteiger partial charge in [-0.1, -0.05) is 0 Å². The highest BCUT2D eigenvalue weighted by atomic mass is 35.5. The summed E-state index contributed by atoms with van der Waals surface area (Å²) in [6.07, 6.45) is 2.34. The third kappa shape index (κ3) is 3.64. The number of aromatic nitrogens is 1. The van der Waals surface area contributed by atoms with Crippen molar-refractivity contribution >= 4 is 28.8 Å². The second kappa shape index (κ2) is 5.32. The number of thiazole rings is 1. The minimum absolute atomic E-state index is 0.0719. The average molecular weight is 233 g/mol. The van der Waals surface area contributed by atoms with Crippen LogP contribution in [0.25, 0.3) is 0 Å². The van der Waals surface area contributed by atoms with E-state index in [-0.39, 0.29) is 17.3 Å². The summed E-state index contributed by atoms with van der Waals surface area (Å²) in [5.74, 6) is -0.0719. The molecule has 78 valence electrons. The van der Waals surface area contributed by atoms with Gasteiger partial charge >= 0.3 is 0 Å². The fraction of sp³-hybridized carbons (Fsp3) is 0.556. The van der Waals surface area contributed by atoms with Crippen molar-refractivity contribution in [1.82, 2.24) is 10.3 Å². The van der Waals surface area contributed by atoms with Crippen LogP contribution in [0.1, 0.15) is 29.9 Å². The first kappa shape index (κ1) is 11.5. The minimum atomic E-state index is -0.0719. The Labute approximate surface area is 92.5 Å². The number of halogens is 1. The normalized spacial score (nSPS) is 14.8. The standard InChI is InChI=1S/C9H13ClN2OS/c1-6(10)3-7(2)12-9(13)8-4-11-5-14-8/h4-7H,3H2,1-2H3,(H,12,13). The monoisotopic (exact) mass is 232 g/mol. The van der Waals surface area contributed by atoms with Gasteiger partial charge in [0.2, 0.25) is 0 Å². The van der Waals surface area contributed by atoms with Crippen molar-refractivity contribution in [2.75, 3.05) is 0 Å². The van der Waals surface area contributed by atoms with Gasteiger partial charge in [0.15, 0.2) is 0 Å². The molecular formula is C9H13ClN2OS. The van der Waals surface area contributed by atoms with Gasteiger partial charge in [0, 0.05) is 11.4 Å². The summed E-state index contributed by atoms with van der Waals surface area (Å²) in [5, 5.41) is 2.94. The van der Waals surface area contributed by atoms with Crippen molar-refractivity contribution in [2.45, 2.75) is 31.7 Å². The Morgan fingerprint density at radius 3 is 2.93 bits per heavy atom. The molecule has 2 unspecified atom stereocenters. The van der Waals surface area contributed by atoms with E-state index in [1.807, 2.05) is 13.8 Å². The van der Waals surface area contributed by atoms with Gasteiger partial charge < -0.3 is 5.32 Å². The van der Waals surface area contributed by atoms with Gasteiger partial charge in [-0.3, -0.25) is 9.78 Å². The quantitative estimate of drug-likeness (QED) is 0.810. The number of nitrogens with zero attached hydrogens (tertiary/aromatic N) is 1. The van der Waals surface area contributed by atoms with Gasteiger partial charge in [0.1, 0.15) is 4.88 Å². The van der Waals surface area contributed by atoms with Gasteiger partial charge in [-0.2, -0.15) is 0 Å². The number of alkyl halides is 1. The summed E-state index contributed by atoms with van der Waals surface area (Å²) in [4.78, 5) is 16.0. The number of rotatable bonds is 4. The molecule has 0 aliphatic heterocycles. The van der Waals surface area contributed by atoms with E-state index in [9.17, 15) is 4.79 Å². The average Bonchev–Trinajstić information content (AvgIpc) is 2.53.